The molecule has 0 bridgehead atoms. The fourth-order valence-electron chi connectivity index (χ4n) is 1.63. The lowest BCUT2D eigenvalue weighted by molar-refractivity contribution is 0.729. The van der Waals surface area contributed by atoms with Gasteiger partial charge < -0.3 is 5.73 Å². The van der Waals surface area contributed by atoms with E-state index in [4.69, 9.17) is 5.73 Å². The Labute approximate surface area is 101 Å². The van der Waals surface area contributed by atoms with Crippen molar-refractivity contribution in [3.8, 4) is 0 Å². The summed E-state index contributed by atoms with van der Waals surface area (Å²) in [5, 5.41) is 0. The van der Waals surface area contributed by atoms with Gasteiger partial charge in [-0.1, -0.05) is 0 Å². The summed E-state index contributed by atoms with van der Waals surface area (Å²) >= 11 is 0. The summed E-state index contributed by atoms with van der Waals surface area (Å²) in [6.45, 7) is 1.98. The third kappa shape index (κ3) is 3.60. The second kappa shape index (κ2) is 5.50. The highest BCUT2D eigenvalue weighted by molar-refractivity contribution is 5.16. The Morgan fingerprint density at radius 2 is 1.76 bits per heavy atom. The highest BCUT2D eigenvalue weighted by Gasteiger charge is 2.01. The van der Waals surface area contributed by atoms with Crippen LogP contribution in [0.15, 0.2) is 36.9 Å². The summed E-state index contributed by atoms with van der Waals surface area (Å²) in [5.74, 6) is 0.824. The predicted molar refractivity (Wildman–Crippen MR) is 66.4 cm³/mol. The van der Waals surface area contributed by atoms with Crippen molar-refractivity contribution in [3.63, 3.8) is 0 Å². The quantitative estimate of drug-likeness (QED) is 0.858. The third-order valence-corrected chi connectivity index (χ3v) is 2.43. The minimum Gasteiger partial charge on any atom is -0.328 e. The van der Waals surface area contributed by atoms with Gasteiger partial charge in [0.2, 0.25) is 0 Å². The Kier molecular flexibility index (Phi) is 3.77. The SMILES string of the molecule is CC(N)Cc1cnc(Cc2ccncc2)nc1. The number of nitrogens with two attached hydrogens (primary N) is 1. The Morgan fingerprint density at radius 3 is 2.35 bits per heavy atom. The van der Waals surface area contributed by atoms with E-state index < -0.39 is 0 Å². The number of nitrogens with zero attached hydrogens (tertiary/aromatic N) is 3. The van der Waals surface area contributed by atoms with Gasteiger partial charge in [-0.2, -0.15) is 0 Å². The molecule has 2 aromatic rings. The molecule has 2 aromatic heterocycles. The molecule has 1 unspecified atom stereocenters. The lowest BCUT2D eigenvalue weighted by Gasteiger charge is -2.05. The molecule has 0 amide bonds. The second-order valence-corrected chi connectivity index (χ2v) is 4.22. The zero-order chi connectivity index (χ0) is 12.1. The van der Waals surface area contributed by atoms with Gasteiger partial charge in [0, 0.05) is 37.3 Å². The van der Waals surface area contributed by atoms with E-state index in [0.717, 1.165) is 24.2 Å². The molecule has 2 heterocycles. The second-order valence-electron chi connectivity index (χ2n) is 4.22. The van der Waals surface area contributed by atoms with Crippen LogP contribution >= 0.6 is 0 Å². The molecule has 88 valence electrons. The average Bonchev–Trinajstić information content (AvgIpc) is 2.32. The zero-order valence-electron chi connectivity index (χ0n) is 9.87. The molecule has 0 aliphatic heterocycles. The Bertz CT molecular complexity index is 451. The van der Waals surface area contributed by atoms with Crippen molar-refractivity contribution in [3.05, 3.63) is 53.9 Å². The van der Waals surface area contributed by atoms with E-state index in [1.165, 1.54) is 5.56 Å². The van der Waals surface area contributed by atoms with Gasteiger partial charge in [0.15, 0.2) is 0 Å². The predicted octanol–water partition coefficient (Wildman–Crippen LogP) is 1.35. The van der Waals surface area contributed by atoms with Crippen molar-refractivity contribution in [1.82, 2.24) is 15.0 Å². The molecule has 0 radical (unpaired) electrons. The number of hydrogen-bond donors (Lipinski definition) is 1. The Morgan fingerprint density at radius 1 is 1.12 bits per heavy atom. The number of pyridine rings is 1. The molecule has 0 aliphatic carbocycles. The molecule has 1 atom stereocenters. The van der Waals surface area contributed by atoms with E-state index in [9.17, 15) is 0 Å². The van der Waals surface area contributed by atoms with Crippen LogP contribution in [0.4, 0.5) is 0 Å². The molecule has 4 heteroatoms. The van der Waals surface area contributed by atoms with Crippen molar-refractivity contribution in [2.75, 3.05) is 0 Å². The first kappa shape index (κ1) is 11.7. The van der Waals surface area contributed by atoms with E-state index >= 15 is 0 Å². The van der Waals surface area contributed by atoms with Crippen LogP contribution in [0.5, 0.6) is 0 Å². The number of aromatic nitrogens is 3. The van der Waals surface area contributed by atoms with Gasteiger partial charge in [-0.3, -0.25) is 4.98 Å². The summed E-state index contributed by atoms with van der Waals surface area (Å²) in [5.41, 5.74) is 7.97. The first-order chi connectivity index (χ1) is 8.24. The van der Waals surface area contributed by atoms with Crippen molar-refractivity contribution >= 4 is 0 Å². The molecule has 0 spiro atoms. The van der Waals surface area contributed by atoms with Gasteiger partial charge in [-0.15, -0.1) is 0 Å². The summed E-state index contributed by atoms with van der Waals surface area (Å²) in [6.07, 6.45) is 8.82. The van der Waals surface area contributed by atoms with E-state index in [1.807, 2.05) is 31.5 Å². The molecule has 4 nitrogen and oxygen atoms in total. The number of rotatable bonds is 4. The van der Waals surface area contributed by atoms with Gasteiger partial charge >= 0.3 is 0 Å². The van der Waals surface area contributed by atoms with Crippen LogP contribution in [-0.4, -0.2) is 21.0 Å². The smallest absolute Gasteiger partial charge is 0.132 e. The zero-order valence-corrected chi connectivity index (χ0v) is 9.87. The minimum atomic E-state index is 0.143. The van der Waals surface area contributed by atoms with Gasteiger partial charge in [0.25, 0.3) is 0 Å². The normalized spacial score (nSPS) is 12.4. The molecule has 17 heavy (non-hydrogen) atoms. The van der Waals surface area contributed by atoms with Crippen LogP contribution in [-0.2, 0) is 12.8 Å². The first-order valence-corrected chi connectivity index (χ1v) is 5.68. The highest BCUT2D eigenvalue weighted by atomic mass is 14.9. The summed E-state index contributed by atoms with van der Waals surface area (Å²) in [4.78, 5) is 12.7. The lowest BCUT2D eigenvalue weighted by Crippen LogP contribution is -2.18. The van der Waals surface area contributed by atoms with E-state index in [-0.39, 0.29) is 6.04 Å². The first-order valence-electron chi connectivity index (χ1n) is 5.68. The molecule has 2 N–H and O–H groups in total. The van der Waals surface area contributed by atoms with E-state index in [0.29, 0.717) is 0 Å². The largest absolute Gasteiger partial charge is 0.328 e. The topological polar surface area (TPSA) is 64.7 Å². The molecule has 0 aliphatic rings. The molecule has 0 saturated heterocycles. The van der Waals surface area contributed by atoms with Crippen molar-refractivity contribution in [2.24, 2.45) is 5.73 Å². The van der Waals surface area contributed by atoms with Crippen molar-refractivity contribution in [1.29, 1.82) is 0 Å². The summed E-state index contributed by atoms with van der Waals surface area (Å²) in [7, 11) is 0. The minimum absolute atomic E-state index is 0.143. The maximum atomic E-state index is 5.72. The lowest BCUT2D eigenvalue weighted by atomic mass is 10.1. The standard InChI is InChI=1S/C13H16N4/c1-10(14)6-12-8-16-13(17-9-12)7-11-2-4-15-5-3-11/h2-5,8-10H,6-7,14H2,1H3. The van der Waals surface area contributed by atoms with Crippen LogP contribution in [0, 0.1) is 0 Å². The summed E-state index contributed by atoms with van der Waals surface area (Å²) < 4.78 is 0. The third-order valence-electron chi connectivity index (χ3n) is 2.43. The molecule has 0 saturated carbocycles. The van der Waals surface area contributed by atoms with Crippen molar-refractivity contribution in [2.45, 2.75) is 25.8 Å². The van der Waals surface area contributed by atoms with E-state index in [1.54, 1.807) is 12.4 Å². The van der Waals surface area contributed by atoms with Crippen LogP contribution < -0.4 is 5.73 Å². The van der Waals surface area contributed by atoms with Gasteiger partial charge in [0.1, 0.15) is 5.82 Å². The monoisotopic (exact) mass is 228 g/mol. The van der Waals surface area contributed by atoms with Crippen LogP contribution in [0.25, 0.3) is 0 Å². The van der Waals surface area contributed by atoms with Crippen molar-refractivity contribution < 1.29 is 0 Å². The maximum absolute atomic E-state index is 5.72. The Balaban J connectivity index is 2.03. The average molecular weight is 228 g/mol. The molecular weight excluding hydrogens is 212 g/mol. The highest BCUT2D eigenvalue weighted by Crippen LogP contribution is 2.05. The molecule has 0 aromatic carbocycles. The van der Waals surface area contributed by atoms with Crippen LogP contribution in [0.1, 0.15) is 23.9 Å². The fraction of sp³-hybridized carbons (Fsp3) is 0.308. The van der Waals surface area contributed by atoms with Gasteiger partial charge in [-0.25, -0.2) is 9.97 Å². The van der Waals surface area contributed by atoms with Crippen LogP contribution in [0.2, 0.25) is 0 Å². The molecule has 2 rings (SSSR count). The molecular formula is C13H16N4. The fourth-order valence-corrected chi connectivity index (χ4v) is 1.63. The molecule has 0 fully saturated rings. The van der Waals surface area contributed by atoms with Crippen LogP contribution in [0.3, 0.4) is 0 Å². The van der Waals surface area contributed by atoms with Gasteiger partial charge in [0.05, 0.1) is 0 Å². The summed E-state index contributed by atoms with van der Waals surface area (Å²) in [6, 6.07) is 4.09. The maximum Gasteiger partial charge on any atom is 0.132 e. The number of hydrogen-bond acceptors (Lipinski definition) is 4. The van der Waals surface area contributed by atoms with E-state index in [2.05, 4.69) is 15.0 Å². The van der Waals surface area contributed by atoms with Gasteiger partial charge in [-0.05, 0) is 36.6 Å². The Hall–Kier alpha value is -1.81.